The molecule has 0 amide bonds. The summed E-state index contributed by atoms with van der Waals surface area (Å²) in [6.07, 6.45) is 6.42. The Morgan fingerprint density at radius 1 is 0.893 bits per heavy atom. The standard InChI is InChI=1S/C27H28O/c1-26-16-14-21-18-20(9-8-19-6-4-3-5-7-19)10-11-22(21)23(26)15-17-27(2)24(26)12-13-25(27)28/h3-7,10-11,18,23-24H,12-17H2,1-2H3/t23-,24+,26-,27+/m1/s1. The third-order valence-corrected chi connectivity index (χ3v) is 8.19. The Kier molecular flexibility index (Phi) is 4.02. The first-order valence-corrected chi connectivity index (χ1v) is 10.7. The van der Waals surface area contributed by atoms with E-state index in [-0.39, 0.29) is 10.8 Å². The number of Topliss-reactive ketones (excluding diaryl/α,β-unsaturated/α-hetero) is 1. The van der Waals surface area contributed by atoms with Gasteiger partial charge < -0.3 is 0 Å². The summed E-state index contributed by atoms with van der Waals surface area (Å²) in [6, 6.07) is 17.1. The largest absolute Gasteiger partial charge is 0.299 e. The second-order valence-corrected chi connectivity index (χ2v) is 9.56. The van der Waals surface area contributed by atoms with Crippen LogP contribution in [0.4, 0.5) is 0 Å². The fourth-order valence-corrected chi connectivity index (χ4v) is 6.63. The molecule has 2 fully saturated rings. The van der Waals surface area contributed by atoms with Gasteiger partial charge in [0.25, 0.3) is 0 Å². The highest BCUT2D eigenvalue weighted by molar-refractivity contribution is 5.87. The Bertz CT molecular complexity index is 992. The Labute approximate surface area is 168 Å². The highest BCUT2D eigenvalue weighted by atomic mass is 16.1. The summed E-state index contributed by atoms with van der Waals surface area (Å²) in [7, 11) is 0. The van der Waals surface area contributed by atoms with Crippen LogP contribution in [0.3, 0.4) is 0 Å². The molecule has 0 unspecified atom stereocenters. The number of ketones is 1. The topological polar surface area (TPSA) is 17.1 Å². The lowest BCUT2D eigenvalue weighted by Crippen LogP contribution is -2.49. The van der Waals surface area contributed by atoms with Crippen molar-refractivity contribution in [1.29, 1.82) is 0 Å². The molecule has 2 aromatic carbocycles. The molecule has 0 saturated heterocycles. The minimum atomic E-state index is -0.0656. The SMILES string of the molecule is C[C@@]12CCc3cc(C#Cc4ccccc4)ccc3[C@H]1CC[C@]1(C)C(=O)CC[C@@H]21. The Morgan fingerprint density at radius 3 is 2.50 bits per heavy atom. The lowest BCUT2D eigenvalue weighted by Gasteiger charge is -2.55. The Morgan fingerprint density at radius 2 is 1.68 bits per heavy atom. The number of carbonyl (C=O) groups excluding carboxylic acids is 1. The van der Waals surface area contributed by atoms with Crippen LogP contribution in [0.1, 0.15) is 74.1 Å². The van der Waals surface area contributed by atoms with Crippen LogP contribution in [-0.2, 0) is 11.2 Å². The maximum Gasteiger partial charge on any atom is 0.139 e. The summed E-state index contributed by atoms with van der Waals surface area (Å²) < 4.78 is 0. The van der Waals surface area contributed by atoms with E-state index in [1.54, 1.807) is 0 Å². The highest BCUT2D eigenvalue weighted by Crippen LogP contribution is 2.65. The highest BCUT2D eigenvalue weighted by Gasteiger charge is 2.59. The van der Waals surface area contributed by atoms with E-state index in [2.05, 4.69) is 56.0 Å². The van der Waals surface area contributed by atoms with Gasteiger partial charge >= 0.3 is 0 Å². The molecule has 3 aliphatic rings. The fraction of sp³-hybridized carbons (Fsp3) is 0.444. The van der Waals surface area contributed by atoms with E-state index in [4.69, 9.17) is 0 Å². The lowest BCUT2D eigenvalue weighted by molar-refractivity contribution is -0.132. The van der Waals surface area contributed by atoms with Crippen molar-refractivity contribution in [3.8, 4) is 11.8 Å². The molecular weight excluding hydrogens is 340 g/mol. The molecule has 4 atom stereocenters. The van der Waals surface area contributed by atoms with Gasteiger partial charge in [0.2, 0.25) is 0 Å². The van der Waals surface area contributed by atoms with Crippen molar-refractivity contribution in [3.05, 3.63) is 70.8 Å². The molecule has 3 aliphatic carbocycles. The van der Waals surface area contributed by atoms with Crippen molar-refractivity contribution in [2.45, 2.75) is 58.3 Å². The van der Waals surface area contributed by atoms with Crippen molar-refractivity contribution < 1.29 is 4.79 Å². The van der Waals surface area contributed by atoms with Crippen LogP contribution in [0, 0.1) is 28.6 Å². The molecule has 1 nitrogen and oxygen atoms in total. The molecule has 0 N–H and O–H groups in total. The number of carbonyl (C=O) groups is 1. The van der Waals surface area contributed by atoms with Gasteiger partial charge in [-0.2, -0.15) is 0 Å². The first-order valence-electron chi connectivity index (χ1n) is 10.7. The molecule has 2 aromatic rings. The normalized spacial score (nSPS) is 33.3. The number of hydrogen-bond acceptors (Lipinski definition) is 1. The van der Waals surface area contributed by atoms with Gasteiger partial charge in [-0.1, -0.05) is 50.0 Å². The smallest absolute Gasteiger partial charge is 0.139 e. The number of fused-ring (bicyclic) bond motifs is 5. The quantitative estimate of drug-likeness (QED) is 0.529. The van der Waals surface area contributed by atoms with Crippen LogP contribution in [0.2, 0.25) is 0 Å². The van der Waals surface area contributed by atoms with Crippen LogP contribution < -0.4 is 0 Å². The second-order valence-electron chi connectivity index (χ2n) is 9.56. The average molecular weight is 369 g/mol. The molecule has 0 bridgehead atoms. The number of hydrogen-bond donors (Lipinski definition) is 0. The maximum atomic E-state index is 12.6. The summed E-state index contributed by atoms with van der Waals surface area (Å²) in [4.78, 5) is 12.6. The first kappa shape index (κ1) is 17.7. The summed E-state index contributed by atoms with van der Waals surface area (Å²) >= 11 is 0. The van der Waals surface area contributed by atoms with Crippen molar-refractivity contribution in [1.82, 2.24) is 0 Å². The third kappa shape index (κ3) is 2.58. The van der Waals surface area contributed by atoms with Gasteiger partial charge in [-0.05, 0) is 84.7 Å². The van der Waals surface area contributed by atoms with Crippen LogP contribution in [0.15, 0.2) is 48.5 Å². The molecule has 0 aromatic heterocycles. The van der Waals surface area contributed by atoms with Crippen LogP contribution in [-0.4, -0.2) is 5.78 Å². The number of aryl methyl sites for hydroxylation is 1. The Hall–Kier alpha value is -2.33. The molecular formula is C27H28O. The lowest BCUT2D eigenvalue weighted by atomic mass is 9.48. The molecule has 5 rings (SSSR count). The average Bonchev–Trinajstić information content (AvgIpc) is 3.02. The van der Waals surface area contributed by atoms with E-state index in [9.17, 15) is 4.79 Å². The molecule has 0 radical (unpaired) electrons. The first-order chi connectivity index (χ1) is 13.5. The predicted molar refractivity (Wildman–Crippen MR) is 113 cm³/mol. The predicted octanol–water partition coefficient (Wildman–Crippen LogP) is 5.90. The molecule has 2 saturated carbocycles. The van der Waals surface area contributed by atoms with Gasteiger partial charge in [0.05, 0.1) is 0 Å². The van der Waals surface area contributed by atoms with Crippen LogP contribution >= 0.6 is 0 Å². The monoisotopic (exact) mass is 368 g/mol. The van der Waals surface area contributed by atoms with Gasteiger partial charge in [-0.15, -0.1) is 0 Å². The maximum absolute atomic E-state index is 12.6. The van der Waals surface area contributed by atoms with Crippen LogP contribution in [0.5, 0.6) is 0 Å². The fourth-order valence-electron chi connectivity index (χ4n) is 6.63. The van der Waals surface area contributed by atoms with E-state index in [0.29, 0.717) is 17.6 Å². The van der Waals surface area contributed by atoms with Crippen molar-refractivity contribution in [3.63, 3.8) is 0 Å². The van der Waals surface area contributed by atoms with Gasteiger partial charge in [-0.3, -0.25) is 4.79 Å². The van der Waals surface area contributed by atoms with E-state index in [1.165, 1.54) is 17.5 Å². The van der Waals surface area contributed by atoms with E-state index in [0.717, 1.165) is 43.2 Å². The molecule has 142 valence electrons. The van der Waals surface area contributed by atoms with E-state index in [1.807, 2.05) is 18.2 Å². The zero-order valence-electron chi connectivity index (χ0n) is 16.9. The zero-order valence-corrected chi connectivity index (χ0v) is 16.9. The van der Waals surface area contributed by atoms with Crippen molar-refractivity contribution >= 4 is 5.78 Å². The van der Waals surface area contributed by atoms with Gasteiger partial charge in [0, 0.05) is 23.0 Å². The summed E-state index contributed by atoms with van der Waals surface area (Å²) in [5.41, 5.74) is 5.39. The van der Waals surface area contributed by atoms with Crippen LogP contribution in [0.25, 0.3) is 0 Å². The van der Waals surface area contributed by atoms with Crippen molar-refractivity contribution in [2.24, 2.45) is 16.7 Å². The molecule has 1 heteroatoms. The minimum absolute atomic E-state index is 0.0656. The minimum Gasteiger partial charge on any atom is -0.299 e. The van der Waals surface area contributed by atoms with Crippen molar-refractivity contribution in [2.75, 3.05) is 0 Å². The van der Waals surface area contributed by atoms with Gasteiger partial charge in [-0.25, -0.2) is 0 Å². The molecule has 0 aliphatic heterocycles. The number of benzene rings is 2. The summed E-state index contributed by atoms with van der Waals surface area (Å²) in [6.45, 7) is 4.73. The van der Waals surface area contributed by atoms with E-state index < -0.39 is 0 Å². The molecule has 28 heavy (non-hydrogen) atoms. The van der Waals surface area contributed by atoms with Gasteiger partial charge in [0.15, 0.2) is 0 Å². The summed E-state index contributed by atoms with van der Waals surface area (Å²) in [5, 5.41) is 0. The number of rotatable bonds is 0. The zero-order chi connectivity index (χ0) is 19.4. The third-order valence-electron chi connectivity index (χ3n) is 8.19. The second kappa shape index (κ2) is 6.35. The van der Waals surface area contributed by atoms with Gasteiger partial charge in [0.1, 0.15) is 5.78 Å². The Balaban J connectivity index is 1.47. The van der Waals surface area contributed by atoms with E-state index >= 15 is 0 Å². The molecule has 0 spiro atoms. The summed E-state index contributed by atoms with van der Waals surface area (Å²) in [5.74, 6) is 8.30. The molecule has 0 heterocycles.